The fraction of sp³-hybridized carbons (Fsp3) is 0.662. The van der Waals surface area contributed by atoms with Crippen LogP contribution < -0.4 is 29.9 Å². The van der Waals surface area contributed by atoms with Gasteiger partial charge in [-0.2, -0.15) is 0 Å². The summed E-state index contributed by atoms with van der Waals surface area (Å²) < 4.78 is 35.9. The summed E-state index contributed by atoms with van der Waals surface area (Å²) in [5.41, 5.74) is 9.53. The molecule has 0 bridgehead atoms. The number of aliphatic hydroxyl groups excluding tert-OH is 2. The zero-order chi connectivity index (χ0) is 59.1. The number of ether oxygens (including phenoxy) is 6. The number of benzene rings is 4. The Labute approximate surface area is 503 Å². The van der Waals surface area contributed by atoms with Gasteiger partial charge in [0, 0.05) is 64.5 Å². The molecule has 0 heterocycles. The molecule has 4 atom stereocenters. The van der Waals surface area contributed by atoms with Gasteiger partial charge in [-0.3, -0.25) is 0 Å². The van der Waals surface area contributed by atoms with Crippen molar-refractivity contribution in [2.45, 2.75) is 174 Å². The van der Waals surface area contributed by atoms with E-state index in [4.69, 9.17) is 28.4 Å². The lowest BCUT2D eigenvalue weighted by Crippen LogP contribution is -2.39. The maximum absolute atomic E-state index is 12.6. The summed E-state index contributed by atoms with van der Waals surface area (Å²) in [6.45, 7) is 18.0. The topological polar surface area (TPSA) is 126 Å². The molecule has 6 rings (SSSR count). The van der Waals surface area contributed by atoms with Crippen molar-refractivity contribution in [1.82, 2.24) is 10.6 Å². The summed E-state index contributed by atoms with van der Waals surface area (Å²) in [6, 6.07) is 30.5. The third-order valence-corrected chi connectivity index (χ3v) is 18.0. The Morgan fingerprint density at radius 1 is 0.434 bits per heavy atom. The van der Waals surface area contributed by atoms with Crippen LogP contribution in [0.1, 0.15) is 182 Å². The predicted molar refractivity (Wildman–Crippen MR) is 344 cm³/mol. The molecular formula is C71H112N4O8. The Morgan fingerprint density at radius 3 is 1.18 bits per heavy atom. The van der Waals surface area contributed by atoms with E-state index < -0.39 is 12.2 Å². The first kappa shape index (κ1) is 67.9. The number of fused-ring (bicyclic) bond motifs is 2. The van der Waals surface area contributed by atoms with Crippen molar-refractivity contribution >= 4 is 11.4 Å². The summed E-state index contributed by atoms with van der Waals surface area (Å²) in [6.07, 6.45) is 19.8. The van der Waals surface area contributed by atoms with Crippen LogP contribution in [0, 0.1) is 10.8 Å². The number of rotatable bonds is 42. The number of hydrogen-bond donors (Lipinski definition) is 4. The van der Waals surface area contributed by atoms with E-state index in [1.165, 1.54) is 28.7 Å². The molecule has 4 aromatic carbocycles. The molecule has 2 aliphatic rings. The smallest absolute Gasteiger partial charge is 0.119 e. The Balaban J connectivity index is 0.772. The van der Waals surface area contributed by atoms with Crippen molar-refractivity contribution in [2.24, 2.45) is 10.8 Å². The molecule has 0 aromatic heterocycles. The Morgan fingerprint density at radius 2 is 0.807 bits per heavy atom. The summed E-state index contributed by atoms with van der Waals surface area (Å²) in [5.74, 6) is 1.37. The summed E-state index contributed by atoms with van der Waals surface area (Å²) >= 11 is 0. The van der Waals surface area contributed by atoms with Crippen molar-refractivity contribution in [3.05, 3.63) is 118 Å². The van der Waals surface area contributed by atoms with Crippen LogP contribution in [-0.4, -0.2) is 143 Å². The van der Waals surface area contributed by atoms with Crippen LogP contribution in [0.3, 0.4) is 0 Å². The molecule has 0 amide bonds. The van der Waals surface area contributed by atoms with E-state index in [0.717, 1.165) is 176 Å². The maximum atomic E-state index is 12.6. The minimum atomic E-state index is -0.478. The van der Waals surface area contributed by atoms with Gasteiger partial charge in [0.15, 0.2) is 0 Å². The molecule has 0 spiro atoms. The summed E-state index contributed by atoms with van der Waals surface area (Å²) in [5, 5.41) is 32.2. The highest BCUT2D eigenvalue weighted by Crippen LogP contribution is 2.52. The van der Waals surface area contributed by atoms with Crippen LogP contribution in [0.15, 0.2) is 84.9 Å². The molecule has 0 unspecified atom stereocenters. The largest absolute Gasteiger partial charge is 0.491 e. The van der Waals surface area contributed by atoms with Crippen LogP contribution in [0.2, 0.25) is 0 Å². The maximum Gasteiger partial charge on any atom is 0.119 e. The lowest BCUT2D eigenvalue weighted by molar-refractivity contribution is -0.00648. The monoisotopic (exact) mass is 1150 g/mol. The molecule has 4 aromatic rings. The van der Waals surface area contributed by atoms with Crippen molar-refractivity contribution in [3.63, 3.8) is 0 Å². The first-order valence-corrected chi connectivity index (χ1v) is 32.6. The number of unbranched alkanes of at least 4 members (excludes halogenated alkanes) is 6. The van der Waals surface area contributed by atoms with Gasteiger partial charge in [0.25, 0.3) is 0 Å². The zero-order valence-corrected chi connectivity index (χ0v) is 53.0. The summed E-state index contributed by atoms with van der Waals surface area (Å²) in [4.78, 5) is 4.32. The van der Waals surface area contributed by atoms with Crippen molar-refractivity contribution in [3.8, 4) is 11.5 Å². The molecule has 464 valence electrons. The SMILES string of the molecule is CCCCC1(CCCC)CCc2ccc(N(C)C)cc2[C@H](c2cccc(OCCOCCOCCNCCCCCNCCOCCOCCOc3cccc([C@H]4c5cc(N(C)C)ccc5CCC(CCCC)(CCCC)[C@H]4O)c3)c2)[C@@H]1O. The standard InChI is InChI=1S/C71H112N4O8/c1-9-13-32-70(33-14-10-2)36-30-56-26-28-60(74(5)6)54-64(56)66(68(70)76)58-22-20-24-62(52-58)82-50-48-80-46-44-78-42-40-72-38-18-17-19-39-73-41-43-79-45-47-81-49-51-83-63-25-21-23-59(53-63)67-65-55-61(75(7)8)29-27-57(65)31-37-71(69(67)77,34-15-11-3)35-16-12-4/h20-29,52-55,66-69,72-73,76-77H,9-19,30-51H2,1-8H3/t66-,67-,68-,69-/m0/s1. The van der Waals surface area contributed by atoms with E-state index >= 15 is 0 Å². The number of aliphatic hydroxyl groups is 2. The molecule has 0 saturated heterocycles. The summed E-state index contributed by atoms with van der Waals surface area (Å²) in [7, 11) is 8.36. The van der Waals surface area contributed by atoms with E-state index in [1.54, 1.807) is 0 Å². The van der Waals surface area contributed by atoms with Gasteiger partial charge in [-0.05, 0) is 170 Å². The highest BCUT2D eigenvalue weighted by atomic mass is 16.5. The Kier molecular flexibility index (Phi) is 30.5. The van der Waals surface area contributed by atoms with E-state index in [0.29, 0.717) is 66.1 Å². The fourth-order valence-electron chi connectivity index (χ4n) is 12.9. The van der Waals surface area contributed by atoms with Crippen LogP contribution in [0.5, 0.6) is 11.5 Å². The third kappa shape index (κ3) is 21.0. The first-order valence-electron chi connectivity index (χ1n) is 32.6. The lowest BCUT2D eigenvalue weighted by atomic mass is 9.66. The third-order valence-electron chi connectivity index (χ3n) is 18.0. The molecule has 83 heavy (non-hydrogen) atoms. The average Bonchev–Trinajstić information content (AvgIpc) is 2.76. The second kappa shape index (κ2) is 37.3. The highest BCUT2D eigenvalue weighted by Gasteiger charge is 2.46. The van der Waals surface area contributed by atoms with Gasteiger partial charge in [0.2, 0.25) is 0 Å². The van der Waals surface area contributed by atoms with Gasteiger partial charge >= 0.3 is 0 Å². The minimum absolute atomic E-state index is 0.117. The average molecular weight is 1150 g/mol. The molecule has 0 saturated carbocycles. The minimum Gasteiger partial charge on any atom is -0.491 e. The molecule has 0 aliphatic heterocycles. The second-order valence-corrected chi connectivity index (χ2v) is 24.4. The highest BCUT2D eigenvalue weighted by molar-refractivity contribution is 5.56. The van der Waals surface area contributed by atoms with Crippen molar-refractivity contribution in [1.29, 1.82) is 0 Å². The number of anilines is 2. The predicted octanol–water partition coefficient (Wildman–Crippen LogP) is 13.3. The molecule has 4 N–H and O–H groups in total. The number of nitrogens with zero attached hydrogens (tertiary/aromatic N) is 2. The molecule has 0 fully saturated rings. The normalized spacial score (nSPS) is 18.2. The van der Waals surface area contributed by atoms with Crippen LogP contribution in [0.4, 0.5) is 11.4 Å². The Bertz CT molecular complexity index is 2220. The fourth-order valence-corrected chi connectivity index (χ4v) is 12.9. The number of hydrogen-bond acceptors (Lipinski definition) is 12. The zero-order valence-electron chi connectivity index (χ0n) is 53.0. The second-order valence-electron chi connectivity index (χ2n) is 24.4. The lowest BCUT2D eigenvalue weighted by Gasteiger charge is -2.41. The van der Waals surface area contributed by atoms with Gasteiger partial charge in [0.1, 0.15) is 24.7 Å². The van der Waals surface area contributed by atoms with Crippen LogP contribution in [0.25, 0.3) is 0 Å². The van der Waals surface area contributed by atoms with E-state index in [2.05, 4.69) is 149 Å². The quantitative estimate of drug-likeness (QED) is 0.0249. The first-order chi connectivity index (χ1) is 40.5. The molecule has 0 radical (unpaired) electrons. The van der Waals surface area contributed by atoms with Gasteiger partial charge in [-0.25, -0.2) is 0 Å². The van der Waals surface area contributed by atoms with Gasteiger partial charge in [-0.15, -0.1) is 0 Å². The molecule has 2 aliphatic carbocycles. The molecule has 12 nitrogen and oxygen atoms in total. The van der Waals surface area contributed by atoms with E-state index in [1.807, 2.05) is 12.1 Å². The van der Waals surface area contributed by atoms with Crippen LogP contribution >= 0.6 is 0 Å². The Hall–Kier alpha value is -4.24. The van der Waals surface area contributed by atoms with E-state index in [-0.39, 0.29) is 22.7 Å². The van der Waals surface area contributed by atoms with Gasteiger partial charge in [-0.1, -0.05) is 122 Å². The molecule has 12 heteroatoms. The van der Waals surface area contributed by atoms with Crippen LogP contribution in [-0.2, 0) is 31.8 Å². The molecular weight excluding hydrogens is 1040 g/mol. The van der Waals surface area contributed by atoms with Gasteiger partial charge in [0.05, 0.1) is 65.1 Å². The van der Waals surface area contributed by atoms with Crippen molar-refractivity contribution < 1.29 is 38.6 Å². The van der Waals surface area contributed by atoms with Gasteiger partial charge < -0.3 is 59.1 Å². The van der Waals surface area contributed by atoms with Crippen molar-refractivity contribution in [2.75, 3.05) is 130 Å². The number of aryl methyl sites for hydroxylation is 2. The number of nitrogens with one attached hydrogen (secondary N) is 2. The van der Waals surface area contributed by atoms with E-state index in [9.17, 15) is 10.2 Å².